The number of hydrogen-bond acceptors (Lipinski definition) is 0. The van der Waals surface area contributed by atoms with Crippen LogP contribution in [-0.4, -0.2) is 0 Å². The van der Waals surface area contributed by atoms with Crippen molar-refractivity contribution in [3.05, 3.63) is 42.3 Å². The summed E-state index contributed by atoms with van der Waals surface area (Å²) in [5.41, 5.74) is 2.69. The summed E-state index contributed by atoms with van der Waals surface area (Å²) in [5, 5.41) is 0. The minimum atomic E-state index is 0.896. The molecule has 56 valence electrons. The molecule has 2 heteroatoms. The van der Waals surface area contributed by atoms with Gasteiger partial charge in [-0.15, -0.1) is 0 Å². The van der Waals surface area contributed by atoms with Gasteiger partial charge in [0, 0.05) is 0 Å². The van der Waals surface area contributed by atoms with E-state index >= 15 is 0 Å². The van der Waals surface area contributed by atoms with Crippen molar-refractivity contribution < 1.29 is 16.3 Å². The average Bonchev–Trinajstić information content (AvgIpc) is 2.09. The zero-order chi connectivity index (χ0) is 8.69. The van der Waals surface area contributed by atoms with Crippen LogP contribution in [0.15, 0.2) is 24.3 Å². The zero-order valence-corrected chi connectivity index (χ0v) is 11.4. The Labute approximate surface area is 85.4 Å². The summed E-state index contributed by atoms with van der Waals surface area (Å²) in [7, 11) is 0. The predicted octanol–water partition coefficient (Wildman–Crippen LogP) is 3.21. The fourth-order valence-corrected chi connectivity index (χ4v) is 0.891. The van der Waals surface area contributed by atoms with E-state index in [4.69, 9.17) is 0 Å². The van der Waals surface area contributed by atoms with Crippen LogP contribution < -0.4 is 0 Å². The Morgan fingerprint density at radius 3 is 2.27 bits per heavy atom. The van der Waals surface area contributed by atoms with Gasteiger partial charge >= 0.3 is 30.0 Å². The van der Waals surface area contributed by atoms with Crippen LogP contribution in [0.4, 0.5) is 0 Å². The molecule has 0 saturated heterocycles. The Balaban J connectivity index is 0.000000461. The average molecular weight is 264 g/mol. The summed E-state index contributed by atoms with van der Waals surface area (Å²) in [6, 6.07) is 8.32. The SMILES string of the molecule is [CH2-]Cc1ccccc1C.[Zn+][Br]. The van der Waals surface area contributed by atoms with Gasteiger partial charge in [-0.3, -0.25) is 0 Å². The molecule has 0 aromatic heterocycles. The van der Waals surface area contributed by atoms with Crippen LogP contribution in [0.5, 0.6) is 0 Å². The van der Waals surface area contributed by atoms with Gasteiger partial charge in [0.2, 0.25) is 0 Å². The molecular weight excluding hydrogens is 253 g/mol. The van der Waals surface area contributed by atoms with E-state index in [2.05, 4.69) is 45.7 Å². The molecule has 0 unspecified atom stereocenters. The van der Waals surface area contributed by atoms with Crippen LogP contribution in [0.3, 0.4) is 0 Å². The fourth-order valence-electron chi connectivity index (χ4n) is 0.891. The second-order valence-corrected chi connectivity index (χ2v) is 2.18. The number of rotatable bonds is 1. The Hall–Kier alpha value is 0.323. The van der Waals surface area contributed by atoms with Crippen molar-refractivity contribution in [2.45, 2.75) is 13.3 Å². The normalized spacial score (nSPS) is 8.45. The van der Waals surface area contributed by atoms with Gasteiger partial charge in [-0.05, 0) is 6.92 Å². The number of benzene rings is 1. The summed E-state index contributed by atoms with van der Waals surface area (Å²) >= 11 is 4.25. The van der Waals surface area contributed by atoms with Gasteiger partial charge in [0.25, 0.3) is 0 Å². The summed E-state index contributed by atoms with van der Waals surface area (Å²) < 4.78 is 0. The van der Waals surface area contributed by atoms with Crippen LogP contribution in [0, 0.1) is 13.8 Å². The molecule has 0 aliphatic carbocycles. The maximum atomic E-state index is 3.82. The molecule has 0 radical (unpaired) electrons. The Morgan fingerprint density at radius 1 is 1.36 bits per heavy atom. The van der Waals surface area contributed by atoms with Gasteiger partial charge in [-0.25, -0.2) is 0 Å². The van der Waals surface area contributed by atoms with Crippen LogP contribution in [0.1, 0.15) is 11.1 Å². The van der Waals surface area contributed by atoms with E-state index in [1.54, 1.807) is 0 Å². The minimum absolute atomic E-state index is 0.896. The van der Waals surface area contributed by atoms with Crippen molar-refractivity contribution in [1.82, 2.24) is 0 Å². The second-order valence-electron chi connectivity index (χ2n) is 2.18. The van der Waals surface area contributed by atoms with Crippen molar-refractivity contribution in [3.8, 4) is 0 Å². The molecule has 0 spiro atoms. The first-order chi connectivity index (χ1) is 5.34. The van der Waals surface area contributed by atoms with E-state index in [1.807, 2.05) is 6.07 Å². The molecule has 0 aliphatic heterocycles. The van der Waals surface area contributed by atoms with Gasteiger partial charge in [0.05, 0.1) is 0 Å². The van der Waals surface area contributed by atoms with Crippen molar-refractivity contribution in [3.63, 3.8) is 0 Å². The molecule has 0 atom stereocenters. The molecule has 1 aromatic rings. The standard InChI is InChI=1S/C9H11.BrH.Zn/c1-3-9-7-5-4-6-8(9)2;;/h4-7H,1,3H2,2H3;1H;/q-1;;+2/p-1. The Bertz CT molecular complexity index is 199. The van der Waals surface area contributed by atoms with Crippen molar-refractivity contribution >= 4 is 13.6 Å². The Kier molecular flexibility index (Phi) is 7.20. The number of hydrogen-bond donors (Lipinski definition) is 0. The van der Waals surface area contributed by atoms with Crippen LogP contribution in [0.25, 0.3) is 0 Å². The first-order valence-electron chi connectivity index (χ1n) is 3.45. The van der Waals surface area contributed by atoms with Crippen LogP contribution >= 0.6 is 13.6 Å². The monoisotopic (exact) mass is 262 g/mol. The predicted molar refractivity (Wildman–Crippen MR) is 49.2 cm³/mol. The van der Waals surface area contributed by atoms with Gasteiger partial charge < -0.3 is 6.92 Å². The third-order valence-corrected chi connectivity index (χ3v) is 1.53. The van der Waals surface area contributed by atoms with E-state index in [9.17, 15) is 0 Å². The summed E-state index contributed by atoms with van der Waals surface area (Å²) in [4.78, 5) is 0. The summed E-state index contributed by atoms with van der Waals surface area (Å²) in [6.45, 7) is 5.93. The van der Waals surface area contributed by atoms with Gasteiger partial charge in [-0.1, -0.05) is 35.4 Å². The van der Waals surface area contributed by atoms with E-state index in [-0.39, 0.29) is 0 Å². The zero-order valence-electron chi connectivity index (χ0n) is 6.81. The van der Waals surface area contributed by atoms with E-state index in [0.717, 1.165) is 6.42 Å². The fraction of sp³-hybridized carbons (Fsp3) is 0.222. The molecule has 0 amide bonds. The molecule has 0 bridgehead atoms. The molecule has 1 rings (SSSR count). The summed E-state index contributed by atoms with van der Waals surface area (Å²) in [6.07, 6.45) is 0.896. The van der Waals surface area contributed by atoms with Crippen molar-refractivity contribution in [1.29, 1.82) is 0 Å². The summed E-state index contributed by atoms with van der Waals surface area (Å²) in [5.74, 6) is 0. The van der Waals surface area contributed by atoms with E-state index in [0.29, 0.717) is 0 Å². The van der Waals surface area contributed by atoms with Gasteiger partial charge in [0.15, 0.2) is 0 Å². The number of halogens is 1. The third-order valence-electron chi connectivity index (χ3n) is 1.53. The molecule has 0 fully saturated rings. The molecule has 0 nitrogen and oxygen atoms in total. The van der Waals surface area contributed by atoms with E-state index in [1.165, 1.54) is 27.5 Å². The molecule has 1 aromatic carbocycles. The maximum absolute atomic E-state index is 3.82. The second kappa shape index (κ2) is 7.00. The Morgan fingerprint density at radius 2 is 1.91 bits per heavy atom. The molecule has 0 heterocycles. The van der Waals surface area contributed by atoms with E-state index < -0.39 is 0 Å². The molecule has 0 N–H and O–H groups in total. The third kappa shape index (κ3) is 4.03. The van der Waals surface area contributed by atoms with Crippen LogP contribution in [-0.2, 0) is 22.8 Å². The van der Waals surface area contributed by atoms with Crippen molar-refractivity contribution in [2.75, 3.05) is 0 Å². The van der Waals surface area contributed by atoms with Gasteiger partial charge in [0.1, 0.15) is 0 Å². The topological polar surface area (TPSA) is 0 Å². The molecule has 0 aliphatic rings. The van der Waals surface area contributed by atoms with Gasteiger partial charge in [-0.2, -0.15) is 6.42 Å². The quantitative estimate of drug-likeness (QED) is 0.540. The number of aryl methyl sites for hydroxylation is 1. The first-order valence-corrected chi connectivity index (χ1v) is 10.4. The van der Waals surface area contributed by atoms with Crippen molar-refractivity contribution in [2.24, 2.45) is 0 Å². The first kappa shape index (κ1) is 11.3. The molecular formula is C9H11BrZn. The molecule has 0 saturated carbocycles. The molecule has 11 heavy (non-hydrogen) atoms. The van der Waals surface area contributed by atoms with Crippen LogP contribution in [0.2, 0.25) is 0 Å².